The van der Waals surface area contributed by atoms with Crippen LogP contribution in [0.1, 0.15) is 28.4 Å². The molecule has 1 fully saturated rings. The van der Waals surface area contributed by atoms with E-state index in [9.17, 15) is 22.8 Å². The number of halogens is 3. The maximum atomic E-state index is 12.6. The molecule has 29 heavy (non-hydrogen) atoms. The van der Waals surface area contributed by atoms with Crippen molar-refractivity contribution in [3.8, 4) is 0 Å². The van der Waals surface area contributed by atoms with Crippen molar-refractivity contribution in [3.63, 3.8) is 0 Å². The maximum Gasteiger partial charge on any atom is 0.416 e. The Kier molecular flexibility index (Phi) is 6.10. The van der Waals surface area contributed by atoms with Crippen molar-refractivity contribution in [1.29, 1.82) is 0 Å². The van der Waals surface area contributed by atoms with Crippen LogP contribution in [0.5, 0.6) is 0 Å². The van der Waals surface area contributed by atoms with Crippen molar-refractivity contribution in [1.82, 2.24) is 9.80 Å². The predicted octanol–water partition coefficient (Wildman–Crippen LogP) is 4.26. The lowest BCUT2D eigenvalue weighted by atomic mass is 10.1. The van der Waals surface area contributed by atoms with Gasteiger partial charge in [-0.15, -0.1) is 0 Å². The summed E-state index contributed by atoms with van der Waals surface area (Å²) in [6.07, 6.45) is -3.51. The van der Waals surface area contributed by atoms with Crippen LogP contribution in [0.4, 0.5) is 23.7 Å². The molecule has 0 bridgehead atoms. The Bertz CT molecular complexity index is 856. The predicted molar refractivity (Wildman–Crippen MR) is 104 cm³/mol. The minimum absolute atomic E-state index is 0.0737. The molecule has 2 aromatic carbocycles. The van der Waals surface area contributed by atoms with Gasteiger partial charge in [-0.25, -0.2) is 4.79 Å². The Morgan fingerprint density at radius 1 is 0.897 bits per heavy atom. The zero-order valence-corrected chi connectivity index (χ0v) is 16.0. The average Bonchev–Trinajstić information content (AvgIpc) is 2.73. The summed E-state index contributed by atoms with van der Waals surface area (Å²) in [5, 5.41) is 2.59. The van der Waals surface area contributed by atoms with Crippen molar-refractivity contribution >= 4 is 17.6 Å². The first kappa shape index (κ1) is 20.7. The number of rotatable bonds is 3. The summed E-state index contributed by atoms with van der Waals surface area (Å²) in [5.74, 6) is -0.0737. The molecule has 0 spiro atoms. The third-order valence-corrected chi connectivity index (χ3v) is 4.93. The summed E-state index contributed by atoms with van der Waals surface area (Å²) in [5.41, 5.74) is 1.29. The van der Waals surface area contributed by atoms with Gasteiger partial charge in [-0.05, 0) is 48.4 Å². The summed E-state index contributed by atoms with van der Waals surface area (Å²) < 4.78 is 37.8. The van der Waals surface area contributed by atoms with Crippen LogP contribution in [-0.4, -0.2) is 47.9 Å². The van der Waals surface area contributed by atoms with Gasteiger partial charge in [0.25, 0.3) is 5.91 Å². The highest BCUT2D eigenvalue weighted by atomic mass is 19.4. The molecule has 0 atom stereocenters. The number of carbonyl (C=O) groups excluding carboxylic acids is 2. The topological polar surface area (TPSA) is 52.7 Å². The number of benzene rings is 2. The lowest BCUT2D eigenvalue weighted by molar-refractivity contribution is -0.137. The quantitative estimate of drug-likeness (QED) is 0.830. The first-order valence-corrected chi connectivity index (χ1v) is 9.39. The first-order valence-electron chi connectivity index (χ1n) is 9.39. The second-order valence-electron chi connectivity index (χ2n) is 6.83. The van der Waals surface area contributed by atoms with E-state index < -0.39 is 17.8 Å². The minimum atomic E-state index is -4.41. The van der Waals surface area contributed by atoms with Crippen LogP contribution < -0.4 is 5.32 Å². The number of nitrogens with zero attached hydrogens (tertiary/aromatic N) is 2. The summed E-state index contributed by atoms with van der Waals surface area (Å²) in [4.78, 5) is 28.2. The number of carbonyl (C=O) groups is 2. The van der Waals surface area contributed by atoms with E-state index in [1.165, 1.54) is 12.1 Å². The van der Waals surface area contributed by atoms with E-state index in [0.29, 0.717) is 31.7 Å². The molecule has 1 saturated heterocycles. The van der Waals surface area contributed by atoms with Crippen LogP contribution in [0, 0.1) is 0 Å². The maximum absolute atomic E-state index is 12.6. The molecule has 0 unspecified atom stereocenters. The molecule has 3 rings (SSSR count). The number of aryl methyl sites for hydroxylation is 1. The van der Waals surface area contributed by atoms with Crippen LogP contribution in [0.15, 0.2) is 48.5 Å². The summed E-state index contributed by atoms with van der Waals surface area (Å²) >= 11 is 0. The number of hydrogen-bond donors (Lipinski definition) is 1. The Balaban J connectivity index is 1.53. The summed E-state index contributed by atoms with van der Waals surface area (Å²) in [6.45, 7) is 3.55. The van der Waals surface area contributed by atoms with E-state index in [1.807, 2.05) is 31.2 Å². The molecular weight excluding hydrogens is 383 g/mol. The van der Waals surface area contributed by atoms with E-state index >= 15 is 0 Å². The molecule has 0 saturated carbocycles. The lowest BCUT2D eigenvalue weighted by Gasteiger charge is -2.34. The fourth-order valence-corrected chi connectivity index (χ4v) is 3.12. The molecule has 1 N–H and O–H groups in total. The molecule has 0 radical (unpaired) electrons. The standard InChI is InChI=1S/C21H22F3N3O2/c1-2-15-3-5-16(6-4-15)19(28)26-11-13-27(14-12-26)20(29)25-18-9-7-17(8-10-18)21(22,23)24/h3-10H,2,11-14H2,1H3,(H,25,29). The zero-order valence-electron chi connectivity index (χ0n) is 16.0. The zero-order chi connectivity index (χ0) is 21.0. The van der Waals surface area contributed by atoms with Crippen molar-refractivity contribution in [2.45, 2.75) is 19.5 Å². The Labute approximate surface area is 167 Å². The fourth-order valence-electron chi connectivity index (χ4n) is 3.12. The molecule has 1 aliphatic rings. The fraction of sp³-hybridized carbons (Fsp3) is 0.333. The number of hydrogen-bond acceptors (Lipinski definition) is 2. The lowest BCUT2D eigenvalue weighted by Crippen LogP contribution is -2.51. The van der Waals surface area contributed by atoms with Crippen LogP contribution in [0.3, 0.4) is 0 Å². The number of anilines is 1. The smallest absolute Gasteiger partial charge is 0.335 e. The van der Waals surface area contributed by atoms with Crippen LogP contribution >= 0.6 is 0 Å². The number of piperazine rings is 1. The molecule has 5 nitrogen and oxygen atoms in total. The second kappa shape index (κ2) is 8.55. The van der Waals surface area contributed by atoms with Crippen molar-refractivity contribution in [3.05, 3.63) is 65.2 Å². The van der Waals surface area contributed by atoms with Gasteiger partial charge in [0, 0.05) is 37.4 Å². The Morgan fingerprint density at radius 3 is 1.97 bits per heavy atom. The molecule has 2 aromatic rings. The van der Waals surface area contributed by atoms with Crippen molar-refractivity contribution in [2.24, 2.45) is 0 Å². The highest BCUT2D eigenvalue weighted by Gasteiger charge is 2.30. The second-order valence-corrected chi connectivity index (χ2v) is 6.83. The SMILES string of the molecule is CCc1ccc(C(=O)N2CCN(C(=O)Nc3ccc(C(F)(F)F)cc3)CC2)cc1. The van der Waals surface area contributed by atoms with Gasteiger partial charge in [-0.2, -0.15) is 13.2 Å². The summed E-state index contributed by atoms with van der Waals surface area (Å²) in [6, 6.07) is 11.4. The van der Waals surface area contributed by atoms with E-state index in [2.05, 4.69) is 5.32 Å². The average molecular weight is 405 g/mol. The van der Waals surface area contributed by atoms with Crippen LogP contribution in [0.2, 0.25) is 0 Å². The molecule has 1 heterocycles. The number of alkyl halides is 3. The number of nitrogens with one attached hydrogen (secondary N) is 1. The number of amides is 3. The highest BCUT2D eigenvalue weighted by Crippen LogP contribution is 2.29. The normalized spacial score (nSPS) is 14.6. The molecule has 0 aliphatic carbocycles. The van der Waals surface area contributed by atoms with E-state index in [0.717, 1.165) is 24.1 Å². The Hall–Kier alpha value is -3.03. The van der Waals surface area contributed by atoms with Crippen molar-refractivity contribution < 1.29 is 22.8 Å². The molecule has 0 aromatic heterocycles. The molecule has 1 aliphatic heterocycles. The molecular formula is C21H22F3N3O2. The van der Waals surface area contributed by atoms with Gasteiger partial charge in [-0.1, -0.05) is 19.1 Å². The van der Waals surface area contributed by atoms with Gasteiger partial charge in [0.2, 0.25) is 0 Å². The molecule has 3 amide bonds. The van der Waals surface area contributed by atoms with Gasteiger partial charge in [-0.3, -0.25) is 4.79 Å². The van der Waals surface area contributed by atoms with E-state index in [4.69, 9.17) is 0 Å². The van der Waals surface area contributed by atoms with Gasteiger partial charge in [0.05, 0.1) is 5.56 Å². The van der Waals surface area contributed by atoms with E-state index in [1.54, 1.807) is 9.80 Å². The van der Waals surface area contributed by atoms with E-state index in [-0.39, 0.29) is 11.6 Å². The van der Waals surface area contributed by atoms with Gasteiger partial charge >= 0.3 is 12.2 Å². The first-order chi connectivity index (χ1) is 13.8. The Morgan fingerprint density at radius 2 is 1.45 bits per heavy atom. The third kappa shape index (κ3) is 5.07. The highest BCUT2D eigenvalue weighted by molar-refractivity contribution is 5.94. The van der Waals surface area contributed by atoms with Crippen LogP contribution in [0.25, 0.3) is 0 Å². The number of urea groups is 1. The minimum Gasteiger partial charge on any atom is -0.335 e. The monoisotopic (exact) mass is 405 g/mol. The summed E-state index contributed by atoms with van der Waals surface area (Å²) in [7, 11) is 0. The molecule has 8 heteroatoms. The van der Waals surface area contributed by atoms with Gasteiger partial charge < -0.3 is 15.1 Å². The van der Waals surface area contributed by atoms with Crippen molar-refractivity contribution in [2.75, 3.05) is 31.5 Å². The van der Waals surface area contributed by atoms with Gasteiger partial charge in [0.15, 0.2) is 0 Å². The third-order valence-electron chi connectivity index (χ3n) is 4.93. The largest absolute Gasteiger partial charge is 0.416 e. The molecule has 154 valence electrons. The van der Waals surface area contributed by atoms with Gasteiger partial charge in [0.1, 0.15) is 0 Å². The van der Waals surface area contributed by atoms with Crippen LogP contribution in [-0.2, 0) is 12.6 Å².